The predicted octanol–water partition coefficient (Wildman–Crippen LogP) is 3.74. The quantitative estimate of drug-likeness (QED) is 0.831. The van der Waals surface area contributed by atoms with E-state index < -0.39 is 0 Å². The van der Waals surface area contributed by atoms with Gasteiger partial charge in [0.2, 0.25) is 5.91 Å². The Kier molecular flexibility index (Phi) is 6.37. The number of hydrogen-bond acceptors (Lipinski definition) is 4. The fourth-order valence-electron chi connectivity index (χ4n) is 2.33. The lowest BCUT2D eigenvalue weighted by atomic mass is 9.93. The average molecular weight is 346 g/mol. The molecular formula is C19H26N2O2S. The molecule has 1 N–H and O–H groups in total. The molecule has 0 fully saturated rings. The highest BCUT2D eigenvalue weighted by Crippen LogP contribution is 2.24. The molecule has 0 aliphatic rings. The van der Waals surface area contributed by atoms with Gasteiger partial charge in [-0.1, -0.05) is 39.0 Å². The third-order valence-corrected chi connectivity index (χ3v) is 4.70. The molecule has 0 saturated heterocycles. The highest BCUT2D eigenvalue weighted by molar-refractivity contribution is 7.09. The highest BCUT2D eigenvalue weighted by atomic mass is 32.1. The van der Waals surface area contributed by atoms with Crippen molar-refractivity contribution in [3.05, 3.63) is 45.9 Å². The summed E-state index contributed by atoms with van der Waals surface area (Å²) in [5.41, 5.74) is 2.26. The molecule has 1 heterocycles. The molecule has 4 nitrogen and oxygen atoms in total. The summed E-state index contributed by atoms with van der Waals surface area (Å²) in [6.45, 7) is 7.06. The van der Waals surface area contributed by atoms with Gasteiger partial charge in [0.15, 0.2) is 0 Å². The van der Waals surface area contributed by atoms with Gasteiger partial charge in [-0.3, -0.25) is 4.79 Å². The number of ether oxygens (including phenoxy) is 1. The van der Waals surface area contributed by atoms with Crippen molar-refractivity contribution in [3.63, 3.8) is 0 Å². The molecule has 130 valence electrons. The number of carbonyl (C=O) groups is 1. The first-order chi connectivity index (χ1) is 11.4. The van der Waals surface area contributed by atoms with Crippen LogP contribution in [0.4, 0.5) is 0 Å². The van der Waals surface area contributed by atoms with Crippen molar-refractivity contribution < 1.29 is 9.53 Å². The Labute approximate surface area is 148 Å². The molecule has 1 aromatic heterocycles. The SMILES string of the molecule is COc1ccccc1CCNC(=O)CCc1nc(C(C)(C)C)cs1. The van der Waals surface area contributed by atoms with Gasteiger partial charge in [0.25, 0.3) is 0 Å². The number of carbonyl (C=O) groups excluding carboxylic acids is 1. The van der Waals surface area contributed by atoms with Crippen molar-refractivity contribution in [2.45, 2.75) is 45.4 Å². The molecule has 0 atom stereocenters. The van der Waals surface area contributed by atoms with E-state index in [2.05, 4.69) is 36.5 Å². The summed E-state index contributed by atoms with van der Waals surface area (Å²) in [6.07, 6.45) is 1.94. The van der Waals surface area contributed by atoms with Crippen LogP contribution in [0, 0.1) is 0 Å². The molecule has 0 radical (unpaired) electrons. The molecule has 24 heavy (non-hydrogen) atoms. The van der Waals surface area contributed by atoms with Crippen LogP contribution in [0.3, 0.4) is 0 Å². The maximum Gasteiger partial charge on any atom is 0.220 e. The average Bonchev–Trinajstić information content (AvgIpc) is 3.02. The number of nitrogens with zero attached hydrogens (tertiary/aromatic N) is 1. The van der Waals surface area contributed by atoms with E-state index >= 15 is 0 Å². The Morgan fingerprint density at radius 1 is 1.25 bits per heavy atom. The number of aryl methyl sites for hydroxylation is 1. The smallest absolute Gasteiger partial charge is 0.220 e. The summed E-state index contributed by atoms with van der Waals surface area (Å²) in [5.74, 6) is 0.932. The van der Waals surface area contributed by atoms with Crippen molar-refractivity contribution in [1.82, 2.24) is 10.3 Å². The number of rotatable bonds is 7. The minimum Gasteiger partial charge on any atom is -0.496 e. The number of hydrogen-bond donors (Lipinski definition) is 1. The molecule has 0 aliphatic carbocycles. The van der Waals surface area contributed by atoms with Crippen LogP contribution in [-0.2, 0) is 23.1 Å². The summed E-state index contributed by atoms with van der Waals surface area (Å²) in [7, 11) is 1.66. The van der Waals surface area contributed by atoms with Crippen LogP contribution in [0.15, 0.2) is 29.6 Å². The first-order valence-corrected chi connectivity index (χ1v) is 9.11. The second kappa shape index (κ2) is 8.29. The molecule has 0 spiro atoms. The fraction of sp³-hybridized carbons (Fsp3) is 0.474. The van der Waals surface area contributed by atoms with E-state index in [1.807, 2.05) is 24.3 Å². The van der Waals surface area contributed by atoms with Crippen molar-refractivity contribution in [1.29, 1.82) is 0 Å². The zero-order valence-corrected chi connectivity index (χ0v) is 15.7. The van der Waals surface area contributed by atoms with E-state index in [1.165, 1.54) is 0 Å². The van der Waals surface area contributed by atoms with Gasteiger partial charge >= 0.3 is 0 Å². The van der Waals surface area contributed by atoms with Gasteiger partial charge in [-0.25, -0.2) is 4.98 Å². The van der Waals surface area contributed by atoms with E-state index in [4.69, 9.17) is 4.74 Å². The van der Waals surface area contributed by atoms with Crippen LogP contribution in [0.1, 0.15) is 43.5 Å². The molecule has 5 heteroatoms. The maximum absolute atomic E-state index is 12.0. The lowest BCUT2D eigenvalue weighted by Crippen LogP contribution is -2.26. The van der Waals surface area contributed by atoms with Gasteiger partial charge in [0.1, 0.15) is 5.75 Å². The van der Waals surface area contributed by atoms with Crippen molar-refractivity contribution in [3.8, 4) is 5.75 Å². The number of aromatic nitrogens is 1. The van der Waals surface area contributed by atoms with Gasteiger partial charge in [-0.2, -0.15) is 0 Å². The summed E-state index contributed by atoms with van der Waals surface area (Å²) in [6, 6.07) is 7.89. The van der Waals surface area contributed by atoms with Crippen LogP contribution in [0.5, 0.6) is 5.75 Å². The monoisotopic (exact) mass is 346 g/mol. The van der Waals surface area contributed by atoms with Crippen LogP contribution in [-0.4, -0.2) is 24.5 Å². The first kappa shape index (κ1) is 18.5. The van der Waals surface area contributed by atoms with Crippen molar-refractivity contribution in [2.75, 3.05) is 13.7 Å². The predicted molar refractivity (Wildman–Crippen MR) is 98.8 cm³/mol. The van der Waals surface area contributed by atoms with E-state index in [-0.39, 0.29) is 11.3 Å². The number of nitrogens with one attached hydrogen (secondary N) is 1. The molecule has 0 aliphatic heterocycles. The van der Waals surface area contributed by atoms with Gasteiger partial charge in [-0.05, 0) is 18.1 Å². The topological polar surface area (TPSA) is 51.2 Å². The normalized spacial score (nSPS) is 11.3. The maximum atomic E-state index is 12.0. The number of benzene rings is 1. The number of para-hydroxylation sites is 1. The summed E-state index contributed by atoms with van der Waals surface area (Å²) >= 11 is 1.64. The Balaban J connectivity index is 1.75. The summed E-state index contributed by atoms with van der Waals surface area (Å²) in [4.78, 5) is 16.6. The second-order valence-electron chi connectivity index (χ2n) is 6.79. The Morgan fingerprint density at radius 2 is 2.00 bits per heavy atom. The van der Waals surface area contributed by atoms with Crippen molar-refractivity contribution >= 4 is 17.2 Å². The lowest BCUT2D eigenvalue weighted by molar-refractivity contribution is -0.121. The van der Waals surface area contributed by atoms with Crippen LogP contribution < -0.4 is 10.1 Å². The molecule has 0 unspecified atom stereocenters. The van der Waals surface area contributed by atoms with Gasteiger partial charge in [0, 0.05) is 30.2 Å². The number of amides is 1. The Hall–Kier alpha value is -1.88. The lowest BCUT2D eigenvalue weighted by Gasteiger charge is -2.14. The van der Waals surface area contributed by atoms with E-state index in [0.29, 0.717) is 19.4 Å². The zero-order chi connectivity index (χ0) is 17.6. The minimum absolute atomic E-state index is 0.0613. The number of methoxy groups -OCH3 is 1. The minimum atomic E-state index is 0.0613. The first-order valence-electron chi connectivity index (χ1n) is 8.23. The highest BCUT2D eigenvalue weighted by Gasteiger charge is 2.17. The molecular weight excluding hydrogens is 320 g/mol. The Bertz CT molecular complexity index is 674. The molecule has 2 aromatic rings. The number of thiazole rings is 1. The van der Waals surface area contributed by atoms with Gasteiger partial charge < -0.3 is 10.1 Å². The van der Waals surface area contributed by atoms with E-state index in [9.17, 15) is 4.79 Å². The zero-order valence-electron chi connectivity index (χ0n) is 14.9. The van der Waals surface area contributed by atoms with Gasteiger partial charge in [-0.15, -0.1) is 11.3 Å². The third kappa shape index (κ3) is 5.34. The molecule has 1 aromatic carbocycles. The summed E-state index contributed by atoms with van der Waals surface area (Å²) in [5, 5.41) is 6.09. The second-order valence-corrected chi connectivity index (χ2v) is 7.73. The molecule has 2 rings (SSSR count). The van der Waals surface area contributed by atoms with Crippen molar-refractivity contribution in [2.24, 2.45) is 0 Å². The molecule has 1 amide bonds. The molecule has 0 bridgehead atoms. The summed E-state index contributed by atoms with van der Waals surface area (Å²) < 4.78 is 5.32. The fourth-order valence-corrected chi connectivity index (χ4v) is 3.35. The third-order valence-electron chi connectivity index (χ3n) is 3.80. The Morgan fingerprint density at radius 3 is 2.67 bits per heavy atom. The van der Waals surface area contributed by atoms with E-state index in [0.717, 1.165) is 28.4 Å². The largest absolute Gasteiger partial charge is 0.496 e. The molecule has 0 saturated carbocycles. The van der Waals surface area contributed by atoms with Crippen LogP contribution in [0.25, 0.3) is 0 Å². The van der Waals surface area contributed by atoms with Crippen LogP contribution >= 0.6 is 11.3 Å². The standard InChI is InChI=1S/C19H26N2O2S/c1-19(2,3)16-13-24-18(21-16)10-9-17(22)20-12-11-14-7-5-6-8-15(14)23-4/h5-8,13H,9-12H2,1-4H3,(H,20,22). The van der Waals surface area contributed by atoms with Crippen LogP contribution in [0.2, 0.25) is 0 Å². The van der Waals surface area contributed by atoms with E-state index in [1.54, 1.807) is 18.4 Å². The van der Waals surface area contributed by atoms with Gasteiger partial charge in [0.05, 0.1) is 17.8 Å².